The first-order chi connectivity index (χ1) is 8.10. The lowest BCUT2D eigenvalue weighted by molar-refractivity contribution is -0.133. The van der Waals surface area contributed by atoms with Gasteiger partial charge in [0.25, 0.3) is 0 Å². The second-order valence-electron chi connectivity index (χ2n) is 3.95. The van der Waals surface area contributed by atoms with E-state index < -0.39 is 0 Å². The molecular weight excluding hydrogens is 236 g/mol. The van der Waals surface area contributed by atoms with Crippen LogP contribution in [0, 0.1) is 0 Å². The largest absolute Gasteiger partial charge is 0.337 e. The Kier molecular flexibility index (Phi) is 5.45. The first-order valence-corrected chi connectivity index (χ1v) is 6.17. The number of nitrogens with one attached hydrogen (secondary N) is 1. The molecule has 1 atom stereocenters. The van der Waals surface area contributed by atoms with Crippen molar-refractivity contribution in [3.63, 3.8) is 0 Å². The van der Waals surface area contributed by atoms with Gasteiger partial charge in [-0.05, 0) is 32.5 Å². The molecule has 0 aliphatic carbocycles. The van der Waals surface area contributed by atoms with Crippen LogP contribution in [0.25, 0.3) is 0 Å². The van der Waals surface area contributed by atoms with E-state index >= 15 is 0 Å². The molecule has 0 heterocycles. The van der Waals surface area contributed by atoms with E-state index in [9.17, 15) is 4.79 Å². The molecule has 1 N–H and O–H groups in total. The molecule has 3 nitrogen and oxygen atoms in total. The van der Waals surface area contributed by atoms with Gasteiger partial charge in [0.1, 0.15) is 0 Å². The van der Waals surface area contributed by atoms with Gasteiger partial charge in [-0.3, -0.25) is 4.79 Å². The first-order valence-electron chi connectivity index (χ1n) is 5.79. The highest BCUT2D eigenvalue weighted by Crippen LogP contribution is 2.17. The Morgan fingerprint density at radius 1 is 1.47 bits per heavy atom. The van der Waals surface area contributed by atoms with E-state index in [0.717, 1.165) is 5.56 Å². The fourth-order valence-electron chi connectivity index (χ4n) is 1.58. The average molecular weight is 255 g/mol. The molecule has 1 unspecified atom stereocenters. The molecule has 1 aromatic carbocycles. The maximum atomic E-state index is 12.0. The Morgan fingerprint density at radius 3 is 2.65 bits per heavy atom. The monoisotopic (exact) mass is 254 g/mol. The first kappa shape index (κ1) is 14.0. The number of hydrogen-bond donors (Lipinski definition) is 1. The van der Waals surface area contributed by atoms with Gasteiger partial charge < -0.3 is 10.2 Å². The maximum Gasteiger partial charge on any atom is 0.239 e. The van der Waals surface area contributed by atoms with Gasteiger partial charge in [0.05, 0.1) is 6.04 Å². The zero-order chi connectivity index (χ0) is 12.8. The van der Waals surface area contributed by atoms with Crippen molar-refractivity contribution in [2.24, 2.45) is 0 Å². The van der Waals surface area contributed by atoms with E-state index in [-0.39, 0.29) is 11.9 Å². The Labute approximate surface area is 108 Å². The van der Waals surface area contributed by atoms with Crippen LogP contribution in [-0.4, -0.2) is 30.4 Å². The summed E-state index contributed by atoms with van der Waals surface area (Å²) in [5.74, 6) is 0.0925. The second-order valence-corrected chi connectivity index (χ2v) is 4.36. The molecule has 0 saturated heterocycles. The molecule has 0 fully saturated rings. The molecule has 0 aliphatic heterocycles. The van der Waals surface area contributed by atoms with Gasteiger partial charge in [-0.2, -0.15) is 0 Å². The number of amides is 1. The van der Waals surface area contributed by atoms with E-state index in [1.807, 2.05) is 38.1 Å². The van der Waals surface area contributed by atoms with Crippen molar-refractivity contribution in [2.75, 3.05) is 13.6 Å². The summed E-state index contributed by atoms with van der Waals surface area (Å²) < 4.78 is 0. The highest BCUT2D eigenvalue weighted by Gasteiger charge is 2.18. The van der Waals surface area contributed by atoms with Crippen LogP contribution in [0.2, 0.25) is 5.02 Å². The summed E-state index contributed by atoms with van der Waals surface area (Å²) in [7, 11) is 1.78. The molecule has 0 bridgehead atoms. The van der Waals surface area contributed by atoms with E-state index in [0.29, 0.717) is 18.1 Å². The lowest BCUT2D eigenvalue weighted by atomic mass is 10.2. The summed E-state index contributed by atoms with van der Waals surface area (Å²) in [6, 6.07) is 7.44. The predicted molar refractivity (Wildman–Crippen MR) is 71.1 cm³/mol. The molecule has 1 rings (SSSR count). The summed E-state index contributed by atoms with van der Waals surface area (Å²) in [6.07, 6.45) is 0. The Morgan fingerprint density at radius 2 is 2.12 bits per heavy atom. The number of halogens is 1. The lowest BCUT2D eigenvalue weighted by Crippen LogP contribution is -2.43. The molecular formula is C13H19ClN2O. The third kappa shape index (κ3) is 3.72. The van der Waals surface area contributed by atoms with Crippen molar-refractivity contribution in [1.29, 1.82) is 0 Å². The quantitative estimate of drug-likeness (QED) is 0.875. The number of nitrogens with zero attached hydrogens (tertiary/aromatic N) is 1. The Hall–Kier alpha value is -1.06. The lowest BCUT2D eigenvalue weighted by Gasteiger charge is -2.24. The molecule has 0 spiro atoms. The summed E-state index contributed by atoms with van der Waals surface area (Å²) in [4.78, 5) is 13.8. The zero-order valence-corrected chi connectivity index (χ0v) is 11.3. The van der Waals surface area contributed by atoms with Crippen LogP contribution in [0.15, 0.2) is 24.3 Å². The van der Waals surface area contributed by atoms with Crippen LogP contribution >= 0.6 is 11.6 Å². The van der Waals surface area contributed by atoms with Crippen LogP contribution in [-0.2, 0) is 11.3 Å². The minimum atomic E-state index is -0.169. The van der Waals surface area contributed by atoms with Gasteiger partial charge >= 0.3 is 0 Å². The van der Waals surface area contributed by atoms with Crippen LogP contribution < -0.4 is 5.32 Å². The number of likely N-dealkylation sites (N-methyl/N-ethyl adjacent to an activating group) is 2. The summed E-state index contributed by atoms with van der Waals surface area (Å²) >= 11 is 6.09. The number of benzene rings is 1. The Bertz CT molecular complexity index is 381. The fraction of sp³-hybridized carbons (Fsp3) is 0.462. The van der Waals surface area contributed by atoms with Crippen LogP contribution in [0.3, 0.4) is 0 Å². The molecule has 0 aromatic heterocycles. The van der Waals surface area contributed by atoms with Gasteiger partial charge in [0, 0.05) is 18.1 Å². The number of rotatable bonds is 5. The molecule has 0 saturated carbocycles. The van der Waals surface area contributed by atoms with Crippen LogP contribution in [0.5, 0.6) is 0 Å². The highest BCUT2D eigenvalue weighted by atomic mass is 35.5. The summed E-state index contributed by atoms with van der Waals surface area (Å²) in [5, 5.41) is 3.66. The topological polar surface area (TPSA) is 32.3 Å². The normalized spacial score (nSPS) is 12.2. The number of carbonyl (C=O) groups excluding carboxylic acids is 1. The highest BCUT2D eigenvalue weighted by molar-refractivity contribution is 6.31. The molecule has 0 radical (unpaired) electrons. The average Bonchev–Trinajstić information content (AvgIpc) is 2.36. The minimum absolute atomic E-state index is 0.0925. The molecule has 1 amide bonds. The van der Waals surface area contributed by atoms with Crippen molar-refractivity contribution in [3.8, 4) is 0 Å². The number of hydrogen-bond acceptors (Lipinski definition) is 2. The molecule has 0 aliphatic rings. The van der Waals surface area contributed by atoms with Crippen molar-refractivity contribution < 1.29 is 4.79 Å². The summed E-state index contributed by atoms with van der Waals surface area (Å²) in [6.45, 7) is 5.06. The third-order valence-electron chi connectivity index (χ3n) is 2.82. The molecule has 94 valence electrons. The van der Waals surface area contributed by atoms with E-state index in [4.69, 9.17) is 11.6 Å². The smallest absolute Gasteiger partial charge is 0.239 e. The molecule has 4 heteroatoms. The van der Waals surface area contributed by atoms with Crippen molar-refractivity contribution in [1.82, 2.24) is 10.2 Å². The van der Waals surface area contributed by atoms with Gasteiger partial charge in [0.2, 0.25) is 5.91 Å². The van der Waals surface area contributed by atoms with E-state index in [1.54, 1.807) is 11.9 Å². The maximum absolute atomic E-state index is 12.0. The third-order valence-corrected chi connectivity index (χ3v) is 3.18. The van der Waals surface area contributed by atoms with Crippen LogP contribution in [0.4, 0.5) is 0 Å². The fourth-order valence-corrected chi connectivity index (χ4v) is 1.77. The van der Waals surface area contributed by atoms with Crippen molar-refractivity contribution in [3.05, 3.63) is 34.9 Å². The van der Waals surface area contributed by atoms with Gasteiger partial charge in [-0.15, -0.1) is 0 Å². The second kappa shape index (κ2) is 6.62. The SMILES string of the molecule is CCN(Cc1ccccc1Cl)C(=O)C(C)NC. The van der Waals surface area contributed by atoms with E-state index in [2.05, 4.69) is 5.32 Å². The van der Waals surface area contributed by atoms with Gasteiger partial charge in [0.15, 0.2) is 0 Å². The minimum Gasteiger partial charge on any atom is -0.337 e. The molecule has 17 heavy (non-hydrogen) atoms. The zero-order valence-electron chi connectivity index (χ0n) is 10.5. The van der Waals surface area contributed by atoms with Crippen molar-refractivity contribution in [2.45, 2.75) is 26.4 Å². The standard InChI is InChI=1S/C13H19ClN2O/c1-4-16(13(17)10(2)15-3)9-11-7-5-6-8-12(11)14/h5-8,10,15H,4,9H2,1-3H3. The van der Waals surface area contributed by atoms with Gasteiger partial charge in [-0.1, -0.05) is 29.8 Å². The van der Waals surface area contributed by atoms with Crippen molar-refractivity contribution >= 4 is 17.5 Å². The van der Waals surface area contributed by atoms with E-state index in [1.165, 1.54) is 0 Å². The van der Waals surface area contributed by atoms with Crippen LogP contribution in [0.1, 0.15) is 19.4 Å². The Balaban J connectivity index is 2.77. The summed E-state index contributed by atoms with van der Waals surface area (Å²) in [5.41, 5.74) is 0.979. The molecule has 1 aromatic rings. The van der Waals surface area contributed by atoms with Gasteiger partial charge in [-0.25, -0.2) is 0 Å². The predicted octanol–water partition coefficient (Wildman–Crippen LogP) is 2.30. The number of carbonyl (C=O) groups is 1.